The number of rotatable bonds is 4. The van der Waals surface area contributed by atoms with Crippen LogP contribution in [0.15, 0.2) is 5.03 Å². The Hall–Kier alpha value is -1.26. The Balaban J connectivity index is 1.86. The summed E-state index contributed by atoms with van der Waals surface area (Å²) in [6.07, 6.45) is 2.55. The molecule has 0 atom stereocenters. The fraction of sp³-hybridized carbons (Fsp3) is 0.684. The molecule has 0 radical (unpaired) electrons. The van der Waals surface area contributed by atoms with Crippen molar-refractivity contribution < 1.29 is 13.2 Å². The van der Waals surface area contributed by atoms with E-state index in [1.54, 1.807) is 0 Å². The molecule has 3 nitrogen and oxygen atoms in total. The SMILES string of the molecule is N#Cc1c(SCCN2CCCCC2)nc2c(c1C(F)(F)F)CCCCC2. The Kier molecular flexibility index (Phi) is 6.46. The van der Waals surface area contributed by atoms with Gasteiger partial charge >= 0.3 is 6.18 Å². The van der Waals surface area contributed by atoms with Crippen LogP contribution in [0.2, 0.25) is 0 Å². The number of hydrogen-bond donors (Lipinski definition) is 0. The Morgan fingerprint density at radius 2 is 1.73 bits per heavy atom. The van der Waals surface area contributed by atoms with Gasteiger partial charge in [-0.1, -0.05) is 12.8 Å². The van der Waals surface area contributed by atoms with Crippen LogP contribution < -0.4 is 0 Å². The van der Waals surface area contributed by atoms with Crippen molar-refractivity contribution in [1.29, 1.82) is 5.26 Å². The Morgan fingerprint density at radius 3 is 2.42 bits per heavy atom. The third-order valence-corrected chi connectivity index (χ3v) is 6.14. The third-order valence-electron chi connectivity index (χ3n) is 5.18. The topological polar surface area (TPSA) is 39.9 Å². The van der Waals surface area contributed by atoms with Gasteiger partial charge in [0.05, 0.1) is 11.1 Å². The monoisotopic (exact) mass is 383 g/mol. The van der Waals surface area contributed by atoms with Gasteiger partial charge in [-0.05, 0) is 57.2 Å². The summed E-state index contributed by atoms with van der Waals surface area (Å²) in [5, 5.41) is 9.73. The molecule has 0 amide bonds. The Labute approximate surface area is 157 Å². The van der Waals surface area contributed by atoms with Gasteiger partial charge in [-0.15, -0.1) is 11.8 Å². The molecule has 3 rings (SSSR count). The van der Waals surface area contributed by atoms with Gasteiger partial charge in [0, 0.05) is 18.0 Å². The first-order chi connectivity index (χ1) is 12.5. The fourth-order valence-corrected chi connectivity index (χ4v) is 4.88. The number of nitrogens with zero attached hydrogens (tertiary/aromatic N) is 3. The van der Waals surface area contributed by atoms with Crippen LogP contribution in [0.3, 0.4) is 0 Å². The van der Waals surface area contributed by atoms with E-state index in [-0.39, 0.29) is 16.2 Å². The minimum atomic E-state index is -4.51. The van der Waals surface area contributed by atoms with Gasteiger partial charge in [0.25, 0.3) is 0 Å². The molecule has 2 heterocycles. The minimum absolute atomic E-state index is 0.256. The number of fused-ring (bicyclic) bond motifs is 1. The molecule has 1 saturated heterocycles. The van der Waals surface area contributed by atoms with E-state index in [4.69, 9.17) is 0 Å². The Morgan fingerprint density at radius 1 is 1.04 bits per heavy atom. The number of pyridine rings is 1. The number of piperidine rings is 1. The third kappa shape index (κ3) is 4.52. The molecule has 0 aromatic carbocycles. The number of hydrogen-bond acceptors (Lipinski definition) is 4. The highest BCUT2D eigenvalue weighted by Gasteiger charge is 2.39. The van der Waals surface area contributed by atoms with Crippen LogP contribution >= 0.6 is 11.8 Å². The molecule has 1 fully saturated rings. The predicted molar refractivity (Wildman–Crippen MR) is 96.2 cm³/mol. The maximum absolute atomic E-state index is 13.8. The largest absolute Gasteiger partial charge is 0.418 e. The van der Waals surface area contributed by atoms with Crippen molar-refractivity contribution in [2.75, 3.05) is 25.4 Å². The number of alkyl halides is 3. The highest BCUT2D eigenvalue weighted by molar-refractivity contribution is 7.99. The molecule has 1 aromatic heterocycles. The lowest BCUT2D eigenvalue weighted by atomic mass is 9.97. The second-order valence-corrected chi connectivity index (χ2v) is 8.10. The van der Waals surface area contributed by atoms with E-state index < -0.39 is 11.7 Å². The van der Waals surface area contributed by atoms with Crippen LogP contribution in [0, 0.1) is 11.3 Å². The highest BCUT2D eigenvalue weighted by atomic mass is 32.2. The van der Waals surface area contributed by atoms with Gasteiger partial charge < -0.3 is 4.90 Å². The maximum atomic E-state index is 13.8. The summed E-state index contributed by atoms with van der Waals surface area (Å²) in [6, 6.07) is 1.81. The van der Waals surface area contributed by atoms with Crippen molar-refractivity contribution in [3.05, 3.63) is 22.4 Å². The normalized spacial score (nSPS) is 18.8. The first-order valence-corrected chi connectivity index (χ1v) is 10.4. The zero-order chi connectivity index (χ0) is 18.6. The average Bonchev–Trinajstić information content (AvgIpc) is 2.85. The van der Waals surface area contributed by atoms with E-state index in [0.717, 1.165) is 38.9 Å². The second-order valence-electron chi connectivity index (χ2n) is 7.01. The minimum Gasteiger partial charge on any atom is -0.303 e. The van der Waals surface area contributed by atoms with Crippen LogP contribution in [-0.2, 0) is 19.0 Å². The molecular formula is C19H24F3N3S. The van der Waals surface area contributed by atoms with Gasteiger partial charge in [-0.2, -0.15) is 18.4 Å². The van der Waals surface area contributed by atoms with Crippen LogP contribution in [-0.4, -0.2) is 35.3 Å². The first kappa shape index (κ1) is 19.5. The fourth-order valence-electron chi connectivity index (χ4n) is 3.87. The molecule has 2 aliphatic rings. The second kappa shape index (κ2) is 8.62. The molecule has 0 spiro atoms. The summed E-state index contributed by atoms with van der Waals surface area (Å²) in [4.78, 5) is 6.87. The van der Waals surface area contributed by atoms with Crippen LogP contribution in [0.25, 0.3) is 0 Å². The first-order valence-electron chi connectivity index (χ1n) is 9.39. The molecule has 0 bridgehead atoms. The predicted octanol–water partition coefficient (Wildman–Crippen LogP) is 4.82. The smallest absolute Gasteiger partial charge is 0.303 e. The van der Waals surface area contributed by atoms with E-state index in [1.807, 2.05) is 6.07 Å². The molecule has 7 heteroatoms. The van der Waals surface area contributed by atoms with Crippen molar-refractivity contribution >= 4 is 11.8 Å². The lowest BCUT2D eigenvalue weighted by molar-refractivity contribution is -0.138. The summed E-state index contributed by atoms with van der Waals surface area (Å²) in [7, 11) is 0. The molecule has 1 aliphatic heterocycles. The number of likely N-dealkylation sites (tertiary alicyclic amines) is 1. The van der Waals surface area contributed by atoms with Gasteiger partial charge in [0.1, 0.15) is 11.1 Å². The van der Waals surface area contributed by atoms with Crippen molar-refractivity contribution in [2.45, 2.75) is 62.6 Å². The standard InChI is InChI=1S/C19H24F3N3S/c20-19(21,22)17-14-7-3-1-4-8-16(14)24-18(15(17)13-23)26-12-11-25-9-5-2-6-10-25/h1-12H2. The van der Waals surface area contributed by atoms with Crippen LogP contribution in [0.4, 0.5) is 13.2 Å². The van der Waals surface area contributed by atoms with Crippen molar-refractivity contribution in [2.24, 2.45) is 0 Å². The molecular weight excluding hydrogens is 359 g/mol. The molecule has 1 aliphatic carbocycles. The molecule has 0 N–H and O–H groups in total. The summed E-state index contributed by atoms with van der Waals surface area (Å²) in [5.74, 6) is 0.664. The zero-order valence-electron chi connectivity index (χ0n) is 14.9. The van der Waals surface area contributed by atoms with E-state index in [9.17, 15) is 18.4 Å². The van der Waals surface area contributed by atoms with E-state index in [1.165, 1.54) is 31.0 Å². The summed E-state index contributed by atoms with van der Waals surface area (Å²) >= 11 is 1.30. The van der Waals surface area contributed by atoms with Crippen LogP contribution in [0.1, 0.15) is 60.9 Å². The molecule has 1 aromatic rings. The van der Waals surface area contributed by atoms with Crippen molar-refractivity contribution in [3.8, 4) is 6.07 Å². The molecule has 26 heavy (non-hydrogen) atoms. The van der Waals surface area contributed by atoms with Crippen LogP contribution in [0.5, 0.6) is 0 Å². The van der Waals surface area contributed by atoms with Gasteiger partial charge in [-0.3, -0.25) is 0 Å². The van der Waals surface area contributed by atoms with Gasteiger partial charge in [0.2, 0.25) is 0 Å². The lowest BCUT2D eigenvalue weighted by Crippen LogP contribution is -2.31. The quantitative estimate of drug-likeness (QED) is 0.552. The highest BCUT2D eigenvalue weighted by Crippen LogP contribution is 2.40. The molecule has 0 saturated carbocycles. The summed E-state index contributed by atoms with van der Waals surface area (Å²) < 4.78 is 41.3. The van der Waals surface area contributed by atoms with Crippen molar-refractivity contribution in [3.63, 3.8) is 0 Å². The zero-order valence-corrected chi connectivity index (χ0v) is 15.7. The average molecular weight is 383 g/mol. The van der Waals surface area contributed by atoms with E-state index >= 15 is 0 Å². The van der Waals surface area contributed by atoms with E-state index in [2.05, 4.69) is 9.88 Å². The number of halogens is 3. The number of aromatic nitrogens is 1. The summed E-state index contributed by atoms with van der Waals surface area (Å²) in [5.41, 5.74) is -0.199. The van der Waals surface area contributed by atoms with E-state index in [0.29, 0.717) is 24.3 Å². The summed E-state index contributed by atoms with van der Waals surface area (Å²) in [6.45, 7) is 2.93. The number of thioether (sulfide) groups is 1. The van der Waals surface area contributed by atoms with Crippen molar-refractivity contribution in [1.82, 2.24) is 9.88 Å². The van der Waals surface area contributed by atoms with Gasteiger partial charge in [-0.25, -0.2) is 4.98 Å². The lowest BCUT2D eigenvalue weighted by Gasteiger charge is -2.26. The van der Waals surface area contributed by atoms with Gasteiger partial charge in [0.15, 0.2) is 0 Å². The molecule has 142 valence electrons. The number of nitriles is 1. The maximum Gasteiger partial charge on any atom is 0.418 e. The number of aryl methyl sites for hydroxylation is 1. The molecule has 0 unspecified atom stereocenters. The Bertz CT molecular complexity index is 676.